The average molecular weight is 285 g/mol. The van der Waals surface area contributed by atoms with Crippen LogP contribution < -0.4 is 5.32 Å². The number of benzene rings is 1. The Morgan fingerprint density at radius 1 is 1.26 bits per heavy atom. The van der Waals surface area contributed by atoms with Crippen molar-refractivity contribution in [2.45, 2.75) is 43.9 Å². The van der Waals surface area contributed by atoms with Crippen molar-refractivity contribution in [2.75, 3.05) is 11.6 Å². The van der Waals surface area contributed by atoms with Crippen LogP contribution in [0.4, 0.5) is 10.5 Å². The molecule has 0 saturated carbocycles. The first-order valence-electron chi connectivity index (χ1n) is 6.39. The zero-order chi connectivity index (χ0) is 14.6. The van der Waals surface area contributed by atoms with E-state index in [1.807, 2.05) is 19.9 Å². The van der Waals surface area contributed by atoms with Crippen LogP contribution in [-0.2, 0) is 14.7 Å². The van der Waals surface area contributed by atoms with Crippen LogP contribution in [0.25, 0.3) is 0 Å². The molecule has 0 fully saturated rings. The van der Waals surface area contributed by atoms with Gasteiger partial charge >= 0.3 is 6.09 Å². The van der Waals surface area contributed by atoms with Crippen molar-refractivity contribution in [1.29, 1.82) is 0 Å². The first kappa shape index (κ1) is 15.7. The second-order valence-electron chi connectivity index (χ2n) is 5.21. The normalized spacial score (nSPS) is 12.6. The summed E-state index contributed by atoms with van der Waals surface area (Å²) < 4.78 is 17.6. The Morgan fingerprint density at radius 2 is 1.89 bits per heavy atom. The Hall–Kier alpha value is -1.36. The molecule has 0 radical (unpaired) electrons. The number of nitrogens with one attached hydrogen (secondary N) is 1. The number of anilines is 1. The Bertz CT molecular complexity index is 497. The molecule has 0 aliphatic carbocycles. The zero-order valence-electron chi connectivity index (χ0n) is 12.1. The molecule has 1 amide bonds. The zero-order valence-corrected chi connectivity index (χ0v) is 13.0. The highest BCUT2D eigenvalue weighted by atomic mass is 32.2. The number of carbonyl (C=O) groups excluding carboxylic acids is 1. The van der Waals surface area contributed by atoms with Gasteiger partial charge in [0.25, 0.3) is 0 Å². The van der Waals surface area contributed by atoms with Gasteiger partial charge in [0.2, 0.25) is 0 Å². The summed E-state index contributed by atoms with van der Waals surface area (Å²) in [7, 11) is -2.41. The third kappa shape index (κ3) is 4.35. The fraction of sp³-hybridized carbons (Fsp3) is 0.500. The molecule has 0 aromatic heterocycles. The number of hydrogen-bond donors (Lipinski definition) is 2. The molecule has 0 saturated heterocycles. The van der Waals surface area contributed by atoms with Gasteiger partial charge in [-0.05, 0) is 38.3 Å². The number of ether oxygens (including phenoxy) is 1. The molecule has 0 aliphatic rings. The van der Waals surface area contributed by atoms with E-state index in [2.05, 4.69) is 5.32 Å². The van der Waals surface area contributed by atoms with Crippen molar-refractivity contribution in [3.05, 3.63) is 24.3 Å². The molecule has 0 unspecified atom stereocenters. The van der Waals surface area contributed by atoms with Gasteiger partial charge in [-0.15, -0.1) is 0 Å². The summed E-state index contributed by atoms with van der Waals surface area (Å²) in [5.41, 5.74) is 0.603. The Labute approximate surface area is 116 Å². The number of rotatable bonds is 4. The van der Waals surface area contributed by atoms with E-state index in [0.29, 0.717) is 5.69 Å². The van der Waals surface area contributed by atoms with Crippen molar-refractivity contribution in [2.24, 2.45) is 0 Å². The smallest absolute Gasteiger partial charge is 0.411 e. The third-order valence-corrected chi connectivity index (χ3v) is 6.21. The van der Waals surface area contributed by atoms with E-state index >= 15 is 0 Å². The second-order valence-corrected chi connectivity index (χ2v) is 8.74. The van der Waals surface area contributed by atoms with Crippen molar-refractivity contribution >= 4 is 21.7 Å². The van der Waals surface area contributed by atoms with Gasteiger partial charge in [0.1, 0.15) is 0 Å². The summed E-state index contributed by atoms with van der Waals surface area (Å²) in [4.78, 5) is 12.3. The van der Waals surface area contributed by atoms with Crippen LogP contribution in [0.15, 0.2) is 29.2 Å². The second kappa shape index (κ2) is 6.19. The van der Waals surface area contributed by atoms with Crippen LogP contribution in [0.5, 0.6) is 0 Å². The first-order valence-corrected chi connectivity index (χ1v) is 8.61. The molecular formula is C14H23NO3S. The average Bonchev–Trinajstić information content (AvgIpc) is 2.27. The van der Waals surface area contributed by atoms with Crippen molar-refractivity contribution in [1.82, 2.24) is 0 Å². The van der Waals surface area contributed by atoms with E-state index < -0.39 is 16.0 Å². The Balaban J connectivity index is 2.90. The topological polar surface area (TPSA) is 55.4 Å². The van der Waals surface area contributed by atoms with Crippen LogP contribution in [0, 0.1) is 0 Å². The maximum Gasteiger partial charge on any atom is 0.411 e. The van der Waals surface area contributed by atoms with E-state index in [4.69, 9.17) is 4.74 Å². The lowest BCUT2D eigenvalue weighted by Gasteiger charge is -2.23. The Kier molecular flexibility index (Phi) is 5.11. The van der Waals surface area contributed by atoms with Gasteiger partial charge in [-0.2, -0.15) is 0 Å². The van der Waals surface area contributed by atoms with E-state index in [0.717, 1.165) is 4.90 Å². The van der Waals surface area contributed by atoms with Crippen LogP contribution in [-0.4, -0.2) is 27.9 Å². The maximum absolute atomic E-state index is 12.6. The molecule has 1 rings (SSSR count). The molecule has 0 spiro atoms. The minimum Gasteiger partial charge on any atom is -0.447 e. The predicted molar refractivity (Wildman–Crippen MR) is 80.5 cm³/mol. The molecule has 19 heavy (non-hydrogen) atoms. The maximum atomic E-state index is 12.6. The van der Waals surface area contributed by atoms with Crippen LogP contribution in [0.2, 0.25) is 0 Å². The lowest BCUT2D eigenvalue weighted by molar-refractivity contribution is 0.130. The van der Waals surface area contributed by atoms with Crippen molar-refractivity contribution < 1.29 is 13.7 Å². The van der Waals surface area contributed by atoms with Crippen molar-refractivity contribution in [3.8, 4) is 0 Å². The number of amides is 1. The molecule has 1 aromatic rings. The van der Waals surface area contributed by atoms with E-state index in [1.54, 1.807) is 38.3 Å². The van der Waals surface area contributed by atoms with Gasteiger partial charge < -0.3 is 4.74 Å². The quantitative estimate of drug-likeness (QED) is 0.836. The van der Waals surface area contributed by atoms with Crippen LogP contribution in [0.1, 0.15) is 27.7 Å². The third-order valence-electron chi connectivity index (χ3n) is 2.93. The molecule has 0 atom stereocenters. The van der Waals surface area contributed by atoms with E-state index in [1.165, 1.54) is 0 Å². The first-order chi connectivity index (χ1) is 8.73. The summed E-state index contributed by atoms with van der Waals surface area (Å²) in [5.74, 6) is 0. The summed E-state index contributed by atoms with van der Waals surface area (Å²) in [5, 5.41) is 2.72. The summed E-state index contributed by atoms with van der Waals surface area (Å²) in [6, 6.07) is 7.13. The molecule has 5 heteroatoms. The lowest BCUT2D eigenvalue weighted by Crippen LogP contribution is -2.22. The fourth-order valence-corrected chi connectivity index (χ4v) is 2.89. The molecule has 0 bridgehead atoms. The molecule has 4 nitrogen and oxygen atoms in total. The van der Waals surface area contributed by atoms with Gasteiger partial charge in [0, 0.05) is 15.8 Å². The minimum atomic E-state index is -2.41. The highest BCUT2D eigenvalue weighted by molar-refractivity contribution is 8.03. The SMILES string of the molecule is CC(C)OC(=O)Nc1cccc([SH](C)(=O)C(C)C)c1. The molecule has 1 N–H and O–H groups in total. The highest BCUT2D eigenvalue weighted by Gasteiger charge is 2.17. The van der Waals surface area contributed by atoms with Gasteiger partial charge in [-0.3, -0.25) is 9.53 Å². The van der Waals surface area contributed by atoms with E-state index in [-0.39, 0.29) is 11.4 Å². The molecule has 1 aromatic carbocycles. The van der Waals surface area contributed by atoms with E-state index in [9.17, 15) is 9.00 Å². The van der Waals surface area contributed by atoms with Gasteiger partial charge in [0.05, 0.1) is 6.10 Å². The van der Waals surface area contributed by atoms with Gasteiger partial charge in [-0.25, -0.2) is 4.79 Å². The monoisotopic (exact) mass is 285 g/mol. The molecule has 108 valence electrons. The van der Waals surface area contributed by atoms with Crippen molar-refractivity contribution in [3.63, 3.8) is 0 Å². The molecule has 0 aliphatic heterocycles. The highest BCUT2D eigenvalue weighted by Crippen LogP contribution is 2.24. The fourth-order valence-electron chi connectivity index (χ4n) is 1.52. The summed E-state index contributed by atoms with van der Waals surface area (Å²) in [6.45, 7) is 7.45. The van der Waals surface area contributed by atoms with Crippen LogP contribution in [0.3, 0.4) is 0 Å². The Morgan fingerprint density at radius 3 is 2.42 bits per heavy atom. The minimum absolute atomic E-state index is 0.0744. The summed E-state index contributed by atoms with van der Waals surface area (Å²) in [6.07, 6.45) is 1.10. The molecule has 0 heterocycles. The predicted octanol–water partition coefficient (Wildman–Crippen LogP) is 3.06. The molecular weight excluding hydrogens is 262 g/mol. The summed E-state index contributed by atoms with van der Waals surface area (Å²) >= 11 is 0. The van der Waals surface area contributed by atoms with Gasteiger partial charge in [0.15, 0.2) is 0 Å². The number of carbonyl (C=O) groups is 1. The number of hydrogen-bond acceptors (Lipinski definition) is 3. The van der Waals surface area contributed by atoms with Crippen LogP contribution >= 0.6 is 0 Å². The standard InChI is InChI=1S/C14H23NO3S/c1-10(2)18-14(16)15-12-7-6-8-13(9-12)19(5,17)11(3)4/h6-11,19H,1-5H3,(H,15,16). The number of thiol groups is 1. The van der Waals surface area contributed by atoms with Gasteiger partial charge in [-0.1, -0.05) is 29.8 Å². The largest absolute Gasteiger partial charge is 0.447 e. The lowest BCUT2D eigenvalue weighted by atomic mass is 10.3.